The van der Waals surface area contributed by atoms with Crippen molar-refractivity contribution < 1.29 is 9.59 Å². The molecule has 0 saturated heterocycles. The lowest BCUT2D eigenvalue weighted by Crippen LogP contribution is -2.29. The van der Waals surface area contributed by atoms with Gasteiger partial charge < -0.3 is 15.6 Å². The lowest BCUT2D eigenvalue weighted by molar-refractivity contribution is -0.111. The average molecular weight is 448 g/mol. The standard InChI is InChI=1S/C25H29N5O3/c1-5-18-13-19(6-2)27-24(32)20(18)14-26-25(33)22-16(4)30(15-17-11-9-8-10-12-17)29-23(22)28-21(31)7-3/h7-13H,3,5-6,14-15H2,1-2,4H3,(H,26,33)(H,27,32)(H,28,29,31). The van der Waals surface area contributed by atoms with Gasteiger partial charge in [0.1, 0.15) is 5.56 Å². The van der Waals surface area contributed by atoms with Crippen LogP contribution in [0.3, 0.4) is 0 Å². The van der Waals surface area contributed by atoms with Crippen molar-refractivity contribution in [1.29, 1.82) is 0 Å². The topological polar surface area (TPSA) is 109 Å². The maximum Gasteiger partial charge on any atom is 0.257 e. The summed E-state index contributed by atoms with van der Waals surface area (Å²) in [4.78, 5) is 40.5. The fraction of sp³-hybridized carbons (Fsp3) is 0.280. The number of benzene rings is 1. The summed E-state index contributed by atoms with van der Waals surface area (Å²) in [7, 11) is 0. The predicted molar refractivity (Wildman–Crippen MR) is 128 cm³/mol. The van der Waals surface area contributed by atoms with E-state index >= 15 is 0 Å². The first kappa shape index (κ1) is 23.7. The van der Waals surface area contributed by atoms with Gasteiger partial charge in [-0.1, -0.05) is 50.8 Å². The van der Waals surface area contributed by atoms with Crippen molar-refractivity contribution in [3.05, 3.63) is 93.0 Å². The van der Waals surface area contributed by atoms with Gasteiger partial charge >= 0.3 is 0 Å². The molecule has 172 valence electrons. The summed E-state index contributed by atoms with van der Waals surface area (Å²) >= 11 is 0. The first-order valence-corrected chi connectivity index (χ1v) is 10.9. The number of hydrogen-bond acceptors (Lipinski definition) is 4. The summed E-state index contributed by atoms with van der Waals surface area (Å²) in [5.41, 5.74) is 3.93. The van der Waals surface area contributed by atoms with E-state index in [4.69, 9.17) is 0 Å². The molecule has 8 nitrogen and oxygen atoms in total. The Bertz CT molecular complexity index is 1220. The van der Waals surface area contributed by atoms with Crippen LogP contribution in [0.4, 0.5) is 5.82 Å². The maximum absolute atomic E-state index is 13.2. The molecule has 0 bridgehead atoms. The Hall–Kier alpha value is -3.94. The number of nitrogens with zero attached hydrogens (tertiary/aromatic N) is 2. The maximum atomic E-state index is 13.2. The van der Waals surface area contributed by atoms with Crippen LogP contribution in [0.5, 0.6) is 0 Å². The number of anilines is 1. The fourth-order valence-electron chi connectivity index (χ4n) is 3.64. The van der Waals surface area contributed by atoms with E-state index in [1.807, 2.05) is 50.2 Å². The zero-order chi connectivity index (χ0) is 24.0. The van der Waals surface area contributed by atoms with Crippen LogP contribution in [0.2, 0.25) is 0 Å². The van der Waals surface area contributed by atoms with Crippen LogP contribution in [0.1, 0.15) is 52.3 Å². The number of aromatic amines is 1. The molecule has 33 heavy (non-hydrogen) atoms. The molecule has 0 fully saturated rings. The van der Waals surface area contributed by atoms with Crippen LogP contribution in [0.15, 0.2) is 53.8 Å². The van der Waals surface area contributed by atoms with E-state index in [9.17, 15) is 14.4 Å². The lowest BCUT2D eigenvalue weighted by atomic mass is 10.1. The van der Waals surface area contributed by atoms with Crippen LogP contribution in [0.25, 0.3) is 0 Å². The number of aryl methyl sites for hydroxylation is 2. The molecular formula is C25H29N5O3. The molecular weight excluding hydrogens is 418 g/mol. The summed E-state index contributed by atoms with van der Waals surface area (Å²) in [5, 5.41) is 9.90. The average Bonchev–Trinajstić information content (AvgIpc) is 3.12. The molecule has 0 aliphatic carbocycles. The number of H-pyrrole nitrogens is 1. The molecule has 3 aromatic rings. The van der Waals surface area contributed by atoms with Gasteiger partial charge in [0.05, 0.1) is 12.2 Å². The number of hydrogen-bond donors (Lipinski definition) is 3. The van der Waals surface area contributed by atoms with Crippen molar-refractivity contribution in [3.63, 3.8) is 0 Å². The Kier molecular flexibility index (Phi) is 7.61. The number of rotatable bonds is 9. The molecule has 0 saturated carbocycles. The third-order valence-electron chi connectivity index (χ3n) is 5.51. The van der Waals surface area contributed by atoms with Gasteiger partial charge in [-0.25, -0.2) is 0 Å². The Morgan fingerprint density at radius 3 is 2.55 bits per heavy atom. The largest absolute Gasteiger partial charge is 0.348 e. The van der Waals surface area contributed by atoms with Crippen LogP contribution in [0, 0.1) is 6.92 Å². The molecule has 3 N–H and O–H groups in total. The SMILES string of the molecule is C=CC(=O)Nc1nn(Cc2ccccc2)c(C)c1C(=O)NCc1c(CC)cc(CC)[nH]c1=O. The molecule has 0 radical (unpaired) electrons. The Morgan fingerprint density at radius 2 is 1.91 bits per heavy atom. The van der Waals surface area contributed by atoms with Crippen LogP contribution in [-0.4, -0.2) is 26.6 Å². The Labute approximate surface area is 192 Å². The van der Waals surface area contributed by atoms with Crippen LogP contribution >= 0.6 is 0 Å². The summed E-state index contributed by atoms with van der Waals surface area (Å²) in [6.45, 7) is 9.69. The number of carbonyl (C=O) groups excluding carboxylic acids is 2. The van der Waals surface area contributed by atoms with Crippen molar-refractivity contribution in [2.45, 2.75) is 46.7 Å². The second-order valence-electron chi connectivity index (χ2n) is 7.66. The molecule has 0 atom stereocenters. The van der Waals surface area contributed by atoms with E-state index in [0.717, 1.165) is 29.3 Å². The monoisotopic (exact) mass is 447 g/mol. The summed E-state index contributed by atoms with van der Waals surface area (Å²) in [6.07, 6.45) is 2.52. The molecule has 0 aliphatic heterocycles. The zero-order valence-corrected chi connectivity index (χ0v) is 19.2. The van der Waals surface area contributed by atoms with Gasteiger partial charge in [-0.3, -0.25) is 19.1 Å². The van der Waals surface area contributed by atoms with Crippen LogP contribution in [-0.2, 0) is 30.7 Å². The second kappa shape index (κ2) is 10.6. The normalized spacial score (nSPS) is 10.6. The number of aromatic nitrogens is 3. The molecule has 1 aromatic carbocycles. The summed E-state index contributed by atoms with van der Waals surface area (Å²) < 4.78 is 1.67. The molecule has 3 rings (SSSR count). The zero-order valence-electron chi connectivity index (χ0n) is 19.2. The van der Waals surface area contributed by atoms with Gasteiger partial charge in [-0.05, 0) is 43.0 Å². The van der Waals surface area contributed by atoms with Gasteiger partial charge in [0.2, 0.25) is 5.91 Å². The predicted octanol–water partition coefficient (Wildman–Crippen LogP) is 3.11. The first-order valence-electron chi connectivity index (χ1n) is 10.9. The van der Waals surface area contributed by atoms with Gasteiger partial charge in [0, 0.05) is 17.8 Å². The fourth-order valence-corrected chi connectivity index (χ4v) is 3.64. The van der Waals surface area contributed by atoms with E-state index < -0.39 is 11.8 Å². The first-order chi connectivity index (χ1) is 15.9. The number of amides is 2. The third kappa shape index (κ3) is 5.46. The third-order valence-corrected chi connectivity index (χ3v) is 5.51. The van der Waals surface area contributed by atoms with Gasteiger partial charge in [0.15, 0.2) is 5.82 Å². The van der Waals surface area contributed by atoms with Crippen molar-refractivity contribution in [1.82, 2.24) is 20.1 Å². The molecule has 2 aromatic heterocycles. The van der Waals surface area contributed by atoms with E-state index in [1.54, 1.807) is 11.6 Å². The minimum absolute atomic E-state index is 0.0689. The Morgan fingerprint density at radius 1 is 1.18 bits per heavy atom. The molecule has 0 aliphatic rings. The second-order valence-corrected chi connectivity index (χ2v) is 7.66. The van der Waals surface area contributed by atoms with E-state index in [2.05, 4.69) is 27.3 Å². The van der Waals surface area contributed by atoms with Gasteiger partial charge in [-0.15, -0.1) is 0 Å². The smallest absolute Gasteiger partial charge is 0.257 e. The molecule has 0 spiro atoms. The van der Waals surface area contributed by atoms with Gasteiger partial charge in [-0.2, -0.15) is 5.10 Å². The van der Waals surface area contributed by atoms with E-state index in [-0.39, 0.29) is 23.5 Å². The number of carbonyl (C=O) groups is 2. The highest BCUT2D eigenvalue weighted by Crippen LogP contribution is 2.20. The molecule has 2 heterocycles. The summed E-state index contributed by atoms with van der Waals surface area (Å²) in [5.74, 6) is -0.739. The van der Waals surface area contributed by atoms with Crippen molar-refractivity contribution in [2.24, 2.45) is 0 Å². The lowest BCUT2D eigenvalue weighted by Gasteiger charge is -2.11. The number of nitrogens with one attached hydrogen (secondary N) is 3. The minimum atomic E-state index is -0.465. The van der Waals surface area contributed by atoms with E-state index in [0.29, 0.717) is 24.2 Å². The van der Waals surface area contributed by atoms with Crippen molar-refractivity contribution in [2.75, 3.05) is 5.32 Å². The summed E-state index contributed by atoms with van der Waals surface area (Å²) in [6, 6.07) is 11.7. The highest BCUT2D eigenvalue weighted by atomic mass is 16.2. The minimum Gasteiger partial charge on any atom is -0.348 e. The number of pyridine rings is 1. The van der Waals surface area contributed by atoms with Gasteiger partial charge in [0.25, 0.3) is 11.5 Å². The molecule has 8 heteroatoms. The van der Waals surface area contributed by atoms with Crippen LogP contribution < -0.4 is 16.2 Å². The van der Waals surface area contributed by atoms with E-state index in [1.165, 1.54) is 0 Å². The highest BCUT2D eigenvalue weighted by Gasteiger charge is 2.23. The highest BCUT2D eigenvalue weighted by molar-refractivity contribution is 6.06. The Balaban J connectivity index is 1.90. The molecule has 0 unspecified atom stereocenters. The quantitative estimate of drug-likeness (QED) is 0.438. The van der Waals surface area contributed by atoms with Crippen molar-refractivity contribution >= 4 is 17.6 Å². The molecule has 2 amide bonds. The van der Waals surface area contributed by atoms with Crippen molar-refractivity contribution in [3.8, 4) is 0 Å².